The number of carboxylic acids is 1. The van der Waals surface area contributed by atoms with Gasteiger partial charge in [-0.05, 0) is 25.7 Å². The number of carbonyl (C=O) groups is 5. The minimum atomic E-state index is -1.35. The Hall–Kier alpha value is -2.62. The number of aliphatic carboxylic acids is 1. The quantitative estimate of drug-likeness (QED) is 0.0607. The molecule has 2 aliphatic rings. The Balaban J connectivity index is 1.30. The maximum atomic E-state index is 12.0. The number of unbranched alkanes of at least 4 members (excludes halogenated alkanes) is 1. The molecule has 0 radical (unpaired) electrons. The third kappa shape index (κ3) is 15.3. The Kier molecular flexibility index (Phi) is 17.1. The zero-order chi connectivity index (χ0) is 29.9. The average Bonchev–Trinajstić information content (AvgIpc) is 3.46. The number of urea groups is 1. The summed E-state index contributed by atoms with van der Waals surface area (Å²) in [7, 11) is 0. The predicted molar refractivity (Wildman–Crippen MR) is 149 cm³/mol. The van der Waals surface area contributed by atoms with Gasteiger partial charge in [-0.15, -0.1) is 0 Å². The van der Waals surface area contributed by atoms with Crippen LogP contribution in [0.3, 0.4) is 0 Å². The van der Waals surface area contributed by atoms with Gasteiger partial charge in [0, 0.05) is 50.7 Å². The zero-order valence-electron chi connectivity index (χ0n) is 23.7. The number of thioether (sulfide) groups is 1. The lowest BCUT2D eigenvalue weighted by Crippen LogP contribution is -2.39. The summed E-state index contributed by atoms with van der Waals surface area (Å²) >= 11 is 1.89. The molecule has 0 aromatic rings. The first-order chi connectivity index (χ1) is 19.8. The number of fused-ring (bicyclic) bond motifs is 1. The van der Waals surface area contributed by atoms with Gasteiger partial charge < -0.3 is 45.3 Å². The molecule has 2 saturated heterocycles. The highest BCUT2D eigenvalue weighted by Crippen LogP contribution is 2.33. The summed E-state index contributed by atoms with van der Waals surface area (Å²) in [5.74, 6) is -1.62. The molecule has 0 aromatic carbocycles. The highest BCUT2D eigenvalue weighted by Gasteiger charge is 2.42. The molecule has 2 aliphatic heterocycles. The smallest absolute Gasteiger partial charge is 0.315 e. The Morgan fingerprint density at radius 2 is 1.56 bits per heavy atom. The van der Waals surface area contributed by atoms with Crippen LogP contribution < -0.4 is 21.3 Å². The van der Waals surface area contributed by atoms with E-state index in [1.165, 1.54) is 0 Å². The van der Waals surface area contributed by atoms with Gasteiger partial charge in [0.15, 0.2) is 6.10 Å². The van der Waals surface area contributed by atoms with Gasteiger partial charge in [-0.25, -0.2) is 4.79 Å². The normalized spacial score (nSPS) is 20.0. The molecule has 234 valence electrons. The van der Waals surface area contributed by atoms with Crippen LogP contribution in [0.4, 0.5) is 4.79 Å². The number of esters is 1. The first-order valence-electron chi connectivity index (χ1n) is 14.1. The van der Waals surface area contributed by atoms with E-state index in [0.717, 1.165) is 38.4 Å². The fraction of sp³-hybridized carbons (Fsp3) is 0.808. The van der Waals surface area contributed by atoms with E-state index >= 15 is 0 Å². The topological polar surface area (TPSA) is 191 Å². The van der Waals surface area contributed by atoms with Crippen LogP contribution in [-0.4, -0.2) is 117 Å². The first kappa shape index (κ1) is 34.6. The van der Waals surface area contributed by atoms with Gasteiger partial charge in [-0.2, -0.15) is 11.8 Å². The lowest BCUT2D eigenvalue weighted by Gasteiger charge is -2.16. The van der Waals surface area contributed by atoms with Gasteiger partial charge in [0.2, 0.25) is 5.91 Å². The largest absolute Gasteiger partial charge is 0.481 e. The lowest BCUT2D eigenvalue weighted by atomic mass is 10.0. The van der Waals surface area contributed by atoms with Gasteiger partial charge in [0.25, 0.3) is 5.91 Å². The predicted octanol–water partition coefficient (Wildman–Crippen LogP) is 0.181. The van der Waals surface area contributed by atoms with Crippen molar-refractivity contribution in [2.24, 2.45) is 0 Å². The molecule has 4 amide bonds. The van der Waals surface area contributed by atoms with E-state index in [9.17, 15) is 24.0 Å². The van der Waals surface area contributed by atoms with Crippen molar-refractivity contribution in [3.8, 4) is 0 Å². The summed E-state index contributed by atoms with van der Waals surface area (Å²) in [6.07, 6.45) is 2.58. The number of ether oxygens (including phenoxy) is 4. The lowest BCUT2D eigenvalue weighted by molar-refractivity contribution is -0.158. The third-order valence-electron chi connectivity index (χ3n) is 6.34. The maximum Gasteiger partial charge on any atom is 0.315 e. The first-order valence-corrected chi connectivity index (χ1v) is 15.2. The minimum absolute atomic E-state index is 0.0490. The third-order valence-corrected chi connectivity index (χ3v) is 7.85. The highest BCUT2D eigenvalue weighted by atomic mass is 32.2. The van der Waals surface area contributed by atoms with E-state index in [0.29, 0.717) is 64.3 Å². The molecule has 0 bridgehead atoms. The molecule has 41 heavy (non-hydrogen) atoms. The van der Waals surface area contributed by atoms with E-state index in [1.54, 1.807) is 0 Å². The zero-order valence-corrected chi connectivity index (χ0v) is 24.5. The molecule has 0 saturated carbocycles. The van der Waals surface area contributed by atoms with Crippen molar-refractivity contribution >= 4 is 41.5 Å². The van der Waals surface area contributed by atoms with Crippen molar-refractivity contribution < 1.29 is 48.0 Å². The van der Waals surface area contributed by atoms with Gasteiger partial charge in [-0.1, -0.05) is 6.42 Å². The Bertz CT molecular complexity index is 833. The standard InChI is InChI=1S/C26H44N4O10S/c1-18(31)40-20(16-23(33)34)25(35)28-9-5-11-38-13-15-39-14-12-37-10-4-8-27-22(32)7-3-2-6-21-24-19(17-41-21)29-26(36)30-24/h19-21,24H,2-17H2,1H3,(H,27,32)(H,28,35)(H,33,34)(H2,29,30,36)/t19-,20-,21-,24-/m0/s1. The van der Waals surface area contributed by atoms with Crippen LogP contribution in [-0.2, 0) is 38.1 Å². The second-order valence-corrected chi connectivity index (χ2v) is 11.0. The molecule has 0 aliphatic carbocycles. The summed E-state index contributed by atoms with van der Waals surface area (Å²) in [6, 6.07) is 0.376. The Morgan fingerprint density at radius 1 is 0.927 bits per heavy atom. The van der Waals surface area contributed by atoms with E-state index < -0.39 is 30.4 Å². The van der Waals surface area contributed by atoms with E-state index in [-0.39, 0.29) is 30.6 Å². The van der Waals surface area contributed by atoms with Gasteiger partial charge in [-0.3, -0.25) is 19.2 Å². The van der Waals surface area contributed by atoms with Crippen LogP contribution in [0.25, 0.3) is 0 Å². The summed E-state index contributed by atoms with van der Waals surface area (Å²) in [4.78, 5) is 57.1. The van der Waals surface area contributed by atoms with Crippen LogP contribution in [0.1, 0.15) is 51.9 Å². The summed E-state index contributed by atoms with van der Waals surface area (Å²) in [5, 5.41) is 20.6. The van der Waals surface area contributed by atoms with E-state index in [2.05, 4.69) is 21.3 Å². The summed E-state index contributed by atoms with van der Waals surface area (Å²) < 4.78 is 21.1. The molecule has 0 aromatic heterocycles. The number of nitrogens with one attached hydrogen (secondary N) is 4. The van der Waals surface area contributed by atoms with E-state index in [4.69, 9.17) is 24.1 Å². The molecule has 2 rings (SSSR count). The van der Waals surface area contributed by atoms with Crippen LogP contribution in [0.2, 0.25) is 0 Å². The molecule has 0 spiro atoms. The number of carbonyl (C=O) groups excluding carboxylic acids is 4. The van der Waals surface area contributed by atoms with Crippen molar-refractivity contribution in [2.45, 2.75) is 75.3 Å². The monoisotopic (exact) mass is 604 g/mol. The fourth-order valence-electron chi connectivity index (χ4n) is 4.35. The maximum absolute atomic E-state index is 12.0. The van der Waals surface area contributed by atoms with Crippen LogP contribution >= 0.6 is 11.8 Å². The minimum Gasteiger partial charge on any atom is -0.481 e. The molecule has 2 fully saturated rings. The molecular formula is C26H44N4O10S. The van der Waals surface area contributed by atoms with Gasteiger partial charge in [0.1, 0.15) is 0 Å². The molecule has 14 nitrogen and oxygen atoms in total. The van der Waals surface area contributed by atoms with Crippen molar-refractivity contribution in [1.82, 2.24) is 21.3 Å². The average molecular weight is 605 g/mol. The second-order valence-electron chi connectivity index (χ2n) is 9.75. The second kappa shape index (κ2) is 20.3. The number of hydrogen-bond donors (Lipinski definition) is 5. The highest BCUT2D eigenvalue weighted by molar-refractivity contribution is 8.00. The van der Waals surface area contributed by atoms with Crippen molar-refractivity contribution in [3.63, 3.8) is 0 Å². The molecule has 0 unspecified atom stereocenters. The molecule has 5 N–H and O–H groups in total. The van der Waals surface area contributed by atoms with Crippen LogP contribution in [0.15, 0.2) is 0 Å². The van der Waals surface area contributed by atoms with Crippen LogP contribution in [0, 0.1) is 0 Å². The van der Waals surface area contributed by atoms with Crippen molar-refractivity contribution in [2.75, 3.05) is 58.5 Å². The van der Waals surface area contributed by atoms with E-state index in [1.807, 2.05) is 11.8 Å². The number of rotatable bonds is 23. The Morgan fingerprint density at radius 3 is 2.20 bits per heavy atom. The number of hydrogen-bond acceptors (Lipinski definition) is 10. The van der Waals surface area contributed by atoms with Gasteiger partial charge >= 0.3 is 18.0 Å². The number of amides is 4. The molecule has 2 heterocycles. The summed E-state index contributed by atoms with van der Waals surface area (Å²) in [5.41, 5.74) is 0. The summed E-state index contributed by atoms with van der Waals surface area (Å²) in [6.45, 7) is 4.47. The van der Waals surface area contributed by atoms with Crippen molar-refractivity contribution in [1.29, 1.82) is 0 Å². The SMILES string of the molecule is CC(=O)O[C@@H](CC(=O)O)C(=O)NCCCOCCOCCOCCCNC(=O)CCCC[C@@H]1SC[C@@H]2NC(=O)N[C@@H]21. The Labute approximate surface area is 244 Å². The molecule has 15 heteroatoms. The number of carboxylic acid groups (broad SMARTS) is 1. The molecular weight excluding hydrogens is 560 g/mol. The molecule has 4 atom stereocenters. The fourth-order valence-corrected chi connectivity index (χ4v) is 5.90. The van der Waals surface area contributed by atoms with Crippen LogP contribution in [0.5, 0.6) is 0 Å². The van der Waals surface area contributed by atoms with Gasteiger partial charge in [0.05, 0.1) is 44.9 Å². The van der Waals surface area contributed by atoms with Crippen molar-refractivity contribution in [3.05, 3.63) is 0 Å².